The summed E-state index contributed by atoms with van der Waals surface area (Å²) < 4.78 is 5.58. The number of ether oxygens (including phenoxy) is 1. The lowest BCUT2D eigenvalue weighted by Crippen LogP contribution is -2.41. The van der Waals surface area contributed by atoms with Gasteiger partial charge in [0, 0.05) is 42.0 Å². The molecule has 9 heteroatoms. The molecule has 1 aliphatic heterocycles. The normalized spacial score (nSPS) is 16.4. The second kappa shape index (κ2) is 23.5. The van der Waals surface area contributed by atoms with Gasteiger partial charge in [-0.05, 0) is 96.4 Å². The number of nitrogens with one attached hydrogen (secondary N) is 1. The summed E-state index contributed by atoms with van der Waals surface area (Å²) in [6, 6.07) is 23.8. The van der Waals surface area contributed by atoms with Gasteiger partial charge in [-0.15, -0.1) is 23.5 Å². The number of carboxylic acids is 1. The van der Waals surface area contributed by atoms with Crippen LogP contribution in [0.2, 0.25) is 0 Å². The third-order valence-electron chi connectivity index (χ3n) is 7.93. The Kier molecular flexibility index (Phi) is 20.2. The first-order valence-corrected chi connectivity index (χ1v) is 20.2. The minimum absolute atomic E-state index is 0.309. The molecule has 4 rings (SSSR count). The number of hydrogen-bond acceptors (Lipinski definition) is 7. The summed E-state index contributed by atoms with van der Waals surface area (Å²) in [5.41, 5.74) is 4.44. The molecule has 49 heavy (non-hydrogen) atoms. The molecule has 1 saturated heterocycles. The number of nitrogens with zero attached hydrogens (tertiary/aromatic N) is 1. The van der Waals surface area contributed by atoms with Crippen LogP contribution in [0.4, 0.5) is 0 Å². The molecule has 3 unspecified atom stereocenters. The van der Waals surface area contributed by atoms with Gasteiger partial charge in [0.05, 0.1) is 6.61 Å². The van der Waals surface area contributed by atoms with Crippen molar-refractivity contribution in [3.05, 3.63) is 113 Å². The number of allylic oxidation sites excluding steroid dienone is 3. The minimum atomic E-state index is -1.02. The van der Waals surface area contributed by atoms with Gasteiger partial charge in [0.15, 0.2) is 0 Å². The zero-order valence-electron chi connectivity index (χ0n) is 30.1. The summed E-state index contributed by atoms with van der Waals surface area (Å²) in [7, 11) is 1.75. The van der Waals surface area contributed by atoms with Crippen LogP contribution in [-0.4, -0.2) is 77.7 Å². The number of aryl methyl sites for hydroxylation is 1. The topological polar surface area (TPSA) is 78.9 Å². The molecule has 2 N–H and O–H groups in total. The van der Waals surface area contributed by atoms with E-state index in [2.05, 4.69) is 60.3 Å². The molecule has 266 valence electrons. The first-order chi connectivity index (χ1) is 23.7. The van der Waals surface area contributed by atoms with Crippen LogP contribution < -0.4 is 5.32 Å². The Labute approximate surface area is 307 Å². The Morgan fingerprint density at radius 2 is 1.76 bits per heavy atom. The van der Waals surface area contributed by atoms with Crippen molar-refractivity contribution in [3.8, 4) is 11.1 Å². The van der Waals surface area contributed by atoms with Gasteiger partial charge in [0.2, 0.25) is 0 Å². The zero-order valence-corrected chi connectivity index (χ0v) is 32.6. The van der Waals surface area contributed by atoms with Crippen molar-refractivity contribution in [1.29, 1.82) is 0 Å². The maximum atomic E-state index is 13.4. The Bertz CT molecular complexity index is 1480. The number of hydrogen-bond donors (Lipinski definition) is 2. The molecular weight excluding hydrogens is 669 g/mol. The maximum Gasteiger partial charge on any atom is 0.326 e. The molecule has 0 bridgehead atoms. The van der Waals surface area contributed by atoms with E-state index in [-0.39, 0.29) is 5.91 Å². The summed E-state index contributed by atoms with van der Waals surface area (Å²) in [6.45, 7) is 14.0. The van der Waals surface area contributed by atoms with Crippen molar-refractivity contribution in [3.63, 3.8) is 0 Å². The highest BCUT2D eigenvalue weighted by Gasteiger charge is 2.33. The van der Waals surface area contributed by atoms with Crippen LogP contribution >= 0.6 is 35.3 Å². The maximum absolute atomic E-state index is 13.4. The van der Waals surface area contributed by atoms with E-state index in [1.54, 1.807) is 36.7 Å². The summed E-state index contributed by atoms with van der Waals surface area (Å²) in [6.07, 6.45) is 9.19. The molecule has 0 aromatic heterocycles. The Hall–Kier alpha value is -2.95. The summed E-state index contributed by atoms with van der Waals surface area (Å²) in [5.74, 6) is -0.725. The van der Waals surface area contributed by atoms with E-state index >= 15 is 0 Å². The van der Waals surface area contributed by atoms with Gasteiger partial charge in [0.1, 0.15) is 6.04 Å². The number of rotatable bonds is 15. The zero-order chi connectivity index (χ0) is 36.2. The van der Waals surface area contributed by atoms with Crippen molar-refractivity contribution in [2.24, 2.45) is 0 Å². The number of thioether (sulfide) groups is 3. The van der Waals surface area contributed by atoms with Crippen molar-refractivity contribution in [2.45, 2.75) is 69.3 Å². The first-order valence-electron chi connectivity index (χ1n) is 16.7. The number of amides is 1. The molecule has 1 amide bonds. The molecule has 1 aliphatic rings. The Morgan fingerprint density at radius 1 is 1.06 bits per heavy atom. The predicted octanol–water partition coefficient (Wildman–Crippen LogP) is 9.45. The standard InChI is InChI=1S/C32H38N2O4S2.C6H10S.C2H6/c1-22-9-7-8-12-27(22)29-17-23(13-14-28(29)31(35)33-30(32(36)37)15-16-39-3)19-34-20-26(18-24(34)21-38-2)40-25-10-5-4-6-11-25;1-4-5-6(2)7-3;1-2/h4-14,17,24,26,30H,15-16,18-21H2,1-3H3,(H,33,35)(H,36,37);4-5H,1H2,2-3H3;1-2H3/b;6-5+;. The lowest BCUT2D eigenvalue weighted by molar-refractivity contribution is -0.139. The number of benzene rings is 3. The second-order valence-electron chi connectivity index (χ2n) is 11.4. The van der Waals surface area contributed by atoms with Gasteiger partial charge >= 0.3 is 5.97 Å². The van der Waals surface area contributed by atoms with Gasteiger partial charge in [-0.25, -0.2) is 4.79 Å². The molecule has 0 aliphatic carbocycles. The van der Waals surface area contributed by atoms with Crippen molar-refractivity contribution in [1.82, 2.24) is 10.2 Å². The molecule has 0 spiro atoms. The average Bonchev–Trinajstić information content (AvgIpc) is 3.48. The smallest absolute Gasteiger partial charge is 0.326 e. The van der Waals surface area contributed by atoms with Crippen LogP contribution in [-0.2, 0) is 16.1 Å². The monoisotopic (exact) mass is 722 g/mol. The van der Waals surface area contributed by atoms with Crippen LogP contribution in [0.5, 0.6) is 0 Å². The molecule has 3 atom stereocenters. The van der Waals surface area contributed by atoms with E-state index in [1.807, 2.05) is 87.3 Å². The molecule has 6 nitrogen and oxygen atoms in total. The van der Waals surface area contributed by atoms with Crippen LogP contribution in [0, 0.1) is 6.92 Å². The van der Waals surface area contributed by atoms with Gasteiger partial charge < -0.3 is 15.2 Å². The summed E-state index contributed by atoms with van der Waals surface area (Å²) in [5, 5.41) is 12.9. The van der Waals surface area contributed by atoms with E-state index in [4.69, 9.17) is 4.74 Å². The highest BCUT2D eigenvalue weighted by Crippen LogP contribution is 2.35. The SMILES string of the molecule is C=C/C=C(\C)SC.CC.COCC1CC(Sc2ccccc2)CN1Cc1ccc(C(=O)NC(CCSC)C(=O)O)c(-c2ccccc2C)c1. The summed E-state index contributed by atoms with van der Waals surface area (Å²) in [4.78, 5) is 30.3. The van der Waals surface area contributed by atoms with Crippen LogP contribution in [0.15, 0.2) is 101 Å². The number of carbonyl (C=O) groups excluding carboxylic acids is 1. The molecule has 1 fully saturated rings. The second-order valence-corrected chi connectivity index (χ2v) is 14.8. The number of likely N-dealkylation sites (tertiary alicyclic amines) is 1. The van der Waals surface area contributed by atoms with Gasteiger partial charge in [-0.3, -0.25) is 9.69 Å². The highest BCUT2D eigenvalue weighted by atomic mass is 32.2. The molecule has 3 aromatic rings. The van der Waals surface area contributed by atoms with Crippen molar-refractivity contribution in [2.75, 3.05) is 38.5 Å². The van der Waals surface area contributed by atoms with Gasteiger partial charge in [0.25, 0.3) is 5.91 Å². The highest BCUT2D eigenvalue weighted by molar-refractivity contribution is 8.02. The van der Waals surface area contributed by atoms with E-state index in [0.717, 1.165) is 41.8 Å². The molecule has 1 heterocycles. The van der Waals surface area contributed by atoms with Gasteiger partial charge in [-0.2, -0.15) is 11.8 Å². The third kappa shape index (κ3) is 14.1. The Morgan fingerprint density at radius 3 is 2.35 bits per heavy atom. The van der Waals surface area contributed by atoms with Crippen molar-refractivity contribution >= 4 is 47.2 Å². The minimum Gasteiger partial charge on any atom is -0.480 e. The average molecular weight is 723 g/mol. The third-order valence-corrected chi connectivity index (χ3v) is 10.6. The Balaban J connectivity index is 0.000000824. The van der Waals surface area contributed by atoms with Crippen LogP contribution in [0.3, 0.4) is 0 Å². The fraction of sp³-hybridized carbons (Fsp3) is 0.400. The number of carboxylic acid groups (broad SMARTS) is 1. The number of carbonyl (C=O) groups is 2. The quantitative estimate of drug-likeness (QED) is 0.150. The van der Waals surface area contributed by atoms with E-state index in [0.29, 0.717) is 35.6 Å². The fourth-order valence-electron chi connectivity index (χ4n) is 5.46. The molecule has 0 saturated carbocycles. The van der Waals surface area contributed by atoms with Gasteiger partial charge in [-0.1, -0.05) is 81.1 Å². The van der Waals surface area contributed by atoms with E-state index < -0.39 is 12.0 Å². The predicted molar refractivity (Wildman–Crippen MR) is 214 cm³/mol. The van der Waals surface area contributed by atoms with E-state index in [1.165, 1.54) is 9.80 Å². The van der Waals surface area contributed by atoms with E-state index in [9.17, 15) is 14.7 Å². The summed E-state index contributed by atoms with van der Waals surface area (Å²) >= 11 is 5.22. The molecule has 0 radical (unpaired) electrons. The number of aliphatic carboxylic acids is 1. The lowest BCUT2D eigenvalue weighted by Gasteiger charge is -2.24. The van der Waals surface area contributed by atoms with Crippen LogP contribution in [0.25, 0.3) is 11.1 Å². The fourth-order valence-corrected chi connectivity index (χ4v) is 7.44. The van der Waals surface area contributed by atoms with Crippen LogP contribution in [0.1, 0.15) is 55.1 Å². The largest absolute Gasteiger partial charge is 0.480 e. The lowest BCUT2D eigenvalue weighted by atomic mass is 9.93. The molecular formula is C40H54N2O4S3. The molecule has 3 aromatic carbocycles. The van der Waals surface area contributed by atoms with Crippen molar-refractivity contribution < 1.29 is 19.4 Å². The number of methoxy groups -OCH3 is 1. The first kappa shape index (κ1) is 42.2.